The Morgan fingerprint density at radius 1 is 1.14 bits per heavy atom. The van der Waals surface area contributed by atoms with E-state index in [0.29, 0.717) is 42.3 Å². The highest BCUT2D eigenvalue weighted by Gasteiger charge is 2.40. The lowest BCUT2D eigenvalue weighted by Gasteiger charge is -2.36. The maximum Gasteiger partial charge on any atom is 0.255 e. The number of ether oxygens (including phenoxy) is 1. The number of fused-ring (bicyclic) bond motifs is 1. The molecule has 3 amide bonds. The SMILES string of the molecule is [C-]#[N+]c1ccc(CN2CCN(c3cc4c(cc3F)C(=O)N(C3CCC(=O)NC3=O)C4)CC2)cc1OC. The van der Waals surface area contributed by atoms with Gasteiger partial charge in [0.25, 0.3) is 5.91 Å². The molecule has 3 aliphatic rings. The molecule has 36 heavy (non-hydrogen) atoms. The van der Waals surface area contributed by atoms with Crippen LogP contribution in [0.1, 0.15) is 34.3 Å². The summed E-state index contributed by atoms with van der Waals surface area (Å²) in [5, 5.41) is 2.28. The molecule has 0 spiro atoms. The fourth-order valence-corrected chi connectivity index (χ4v) is 5.14. The van der Waals surface area contributed by atoms with Crippen molar-refractivity contribution in [3.8, 4) is 5.75 Å². The molecule has 1 atom stereocenters. The van der Waals surface area contributed by atoms with Crippen LogP contribution in [0.15, 0.2) is 30.3 Å². The largest absolute Gasteiger partial charge is 0.508 e. The molecule has 2 aromatic rings. The van der Waals surface area contributed by atoms with E-state index in [1.807, 2.05) is 17.0 Å². The molecule has 0 aliphatic carbocycles. The summed E-state index contributed by atoms with van der Waals surface area (Å²) in [6, 6.07) is 7.84. The van der Waals surface area contributed by atoms with E-state index < -0.39 is 17.8 Å². The third-order valence-corrected chi connectivity index (χ3v) is 7.07. The number of nitrogens with one attached hydrogen (secondary N) is 1. The number of rotatable bonds is 5. The molecule has 5 rings (SSSR count). The second-order valence-electron chi connectivity index (χ2n) is 9.24. The molecule has 0 aromatic heterocycles. The van der Waals surface area contributed by atoms with Crippen LogP contribution in [0.5, 0.6) is 5.75 Å². The Bertz CT molecular complexity index is 1280. The van der Waals surface area contributed by atoms with Crippen LogP contribution in [-0.4, -0.2) is 66.9 Å². The van der Waals surface area contributed by atoms with Gasteiger partial charge in [0.2, 0.25) is 17.5 Å². The lowest BCUT2D eigenvalue weighted by molar-refractivity contribution is -0.136. The average Bonchev–Trinajstić information content (AvgIpc) is 3.19. The number of anilines is 1. The molecule has 10 heteroatoms. The quantitative estimate of drug-likeness (QED) is 0.511. The number of carbonyl (C=O) groups excluding carboxylic acids is 3. The second kappa shape index (κ2) is 9.59. The van der Waals surface area contributed by atoms with Crippen molar-refractivity contribution in [3.05, 3.63) is 64.3 Å². The van der Waals surface area contributed by atoms with E-state index in [2.05, 4.69) is 15.1 Å². The first-order chi connectivity index (χ1) is 17.4. The van der Waals surface area contributed by atoms with Gasteiger partial charge in [-0.25, -0.2) is 9.24 Å². The molecule has 3 heterocycles. The van der Waals surface area contributed by atoms with Crippen LogP contribution < -0.4 is 15.0 Å². The highest BCUT2D eigenvalue weighted by Crippen LogP contribution is 2.33. The van der Waals surface area contributed by atoms with Crippen LogP contribution in [0.25, 0.3) is 4.85 Å². The summed E-state index contributed by atoms with van der Waals surface area (Å²) >= 11 is 0. The van der Waals surface area contributed by atoms with Gasteiger partial charge in [0.1, 0.15) is 17.6 Å². The molecule has 0 bridgehead atoms. The fraction of sp³-hybridized carbons (Fsp3) is 0.385. The molecule has 2 fully saturated rings. The number of benzene rings is 2. The molecule has 1 unspecified atom stereocenters. The Balaban J connectivity index is 1.25. The first-order valence-electron chi connectivity index (χ1n) is 11.9. The molecule has 2 saturated heterocycles. The standard InChI is InChI=1S/C26H26FN5O4/c1-28-20-4-3-16(11-23(20)36-2)14-30-7-9-31(10-8-30)22-12-17-15-32(26(35)18(17)13-19(22)27)21-5-6-24(33)29-25(21)34/h3-4,11-13,21H,5-10,14-15H2,2H3,(H,29,33,34). The van der Waals surface area contributed by atoms with Crippen molar-refractivity contribution < 1.29 is 23.5 Å². The molecular weight excluding hydrogens is 465 g/mol. The minimum absolute atomic E-state index is 0.177. The number of amides is 3. The molecule has 3 aliphatic heterocycles. The van der Waals surface area contributed by atoms with Crippen molar-refractivity contribution in [2.45, 2.75) is 32.0 Å². The van der Waals surface area contributed by atoms with E-state index >= 15 is 4.39 Å². The molecule has 9 nitrogen and oxygen atoms in total. The first kappa shape index (κ1) is 23.8. The maximum atomic E-state index is 15.1. The summed E-state index contributed by atoms with van der Waals surface area (Å²) < 4.78 is 20.4. The Kier molecular flexibility index (Phi) is 6.33. The van der Waals surface area contributed by atoms with Crippen molar-refractivity contribution in [2.24, 2.45) is 0 Å². The molecule has 0 radical (unpaired) electrons. The topological polar surface area (TPSA) is 86.5 Å². The predicted molar refractivity (Wildman–Crippen MR) is 129 cm³/mol. The van der Waals surface area contributed by atoms with Gasteiger partial charge in [0.15, 0.2) is 0 Å². The zero-order valence-electron chi connectivity index (χ0n) is 19.9. The van der Waals surface area contributed by atoms with Gasteiger partial charge in [-0.1, -0.05) is 12.1 Å². The van der Waals surface area contributed by atoms with Crippen molar-refractivity contribution >= 4 is 29.1 Å². The second-order valence-corrected chi connectivity index (χ2v) is 9.24. The van der Waals surface area contributed by atoms with Crippen molar-refractivity contribution in [1.29, 1.82) is 0 Å². The number of imide groups is 1. The van der Waals surface area contributed by atoms with Crippen molar-refractivity contribution in [2.75, 3.05) is 38.2 Å². The maximum absolute atomic E-state index is 15.1. The average molecular weight is 492 g/mol. The Labute approximate surface area is 208 Å². The van der Waals surface area contributed by atoms with Gasteiger partial charge < -0.3 is 14.5 Å². The number of piperazine rings is 1. The Morgan fingerprint density at radius 3 is 2.61 bits per heavy atom. The summed E-state index contributed by atoms with van der Waals surface area (Å²) in [7, 11) is 1.55. The van der Waals surface area contributed by atoms with E-state index in [4.69, 9.17) is 11.3 Å². The van der Waals surface area contributed by atoms with Gasteiger partial charge >= 0.3 is 0 Å². The lowest BCUT2D eigenvalue weighted by Crippen LogP contribution is -2.52. The number of halogens is 1. The van der Waals surface area contributed by atoms with Crippen molar-refractivity contribution in [1.82, 2.24) is 15.1 Å². The van der Waals surface area contributed by atoms with E-state index in [0.717, 1.165) is 18.7 Å². The van der Waals surface area contributed by atoms with E-state index in [9.17, 15) is 14.4 Å². The van der Waals surface area contributed by atoms with Crippen LogP contribution in [-0.2, 0) is 22.7 Å². The fourth-order valence-electron chi connectivity index (χ4n) is 5.14. The summed E-state index contributed by atoms with van der Waals surface area (Å²) in [5.41, 5.74) is 2.94. The Morgan fingerprint density at radius 2 is 1.92 bits per heavy atom. The van der Waals surface area contributed by atoms with Crippen molar-refractivity contribution in [3.63, 3.8) is 0 Å². The zero-order valence-corrected chi connectivity index (χ0v) is 19.9. The third kappa shape index (κ3) is 4.38. The van der Waals surface area contributed by atoms with E-state index in [1.54, 1.807) is 19.2 Å². The number of nitrogens with zero attached hydrogens (tertiary/aromatic N) is 4. The molecule has 0 saturated carbocycles. The van der Waals surface area contributed by atoms with Crippen LogP contribution in [0.3, 0.4) is 0 Å². The zero-order chi connectivity index (χ0) is 25.4. The highest BCUT2D eigenvalue weighted by molar-refractivity contribution is 6.05. The normalized spacial score (nSPS) is 20.2. The van der Waals surface area contributed by atoms with E-state index in [-0.39, 0.29) is 36.8 Å². The molecule has 2 aromatic carbocycles. The summed E-state index contributed by atoms with van der Waals surface area (Å²) in [5.74, 6) is -1.10. The minimum atomic E-state index is -0.722. The number of hydrogen-bond acceptors (Lipinski definition) is 6. The first-order valence-corrected chi connectivity index (χ1v) is 11.9. The van der Waals surface area contributed by atoms with Gasteiger partial charge in [0.05, 0.1) is 19.4 Å². The molecular formula is C26H26FN5O4. The van der Waals surface area contributed by atoms with Crippen LogP contribution in [0.4, 0.5) is 15.8 Å². The lowest BCUT2D eigenvalue weighted by atomic mass is 10.0. The van der Waals surface area contributed by atoms with Crippen LogP contribution in [0.2, 0.25) is 0 Å². The van der Waals surface area contributed by atoms with Gasteiger partial charge in [-0.15, -0.1) is 0 Å². The number of methoxy groups -OCH3 is 1. The third-order valence-electron chi connectivity index (χ3n) is 7.07. The summed E-state index contributed by atoms with van der Waals surface area (Å²) in [4.78, 5) is 45.8. The minimum Gasteiger partial charge on any atom is -0.508 e. The number of hydrogen-bond donors (Lipinski definition) is 1. The van der Waals surface area contributed by atoms with Crippen LogP contribution >= 0.6 is 0 Å². The predicted octanol–water partition coefficient (Wildman–Crippen LogP) is 2.47. The number of piperidine rings is 1. The molecule has 186 valence electrons. The summed E-state index contributed by atoms with van der Waals surface area (Å²) in [6.07, 6.45) is 0.449. The number of carbonyl (C=O) groups is 3. The van der Waals surface area contributed by atoms with Gasteiger partial charge in [-0.2, -0.15) is 0 Å². The van der Waals surface area contributed by atoms with Crippen LogP contribution in [0, 0.1) is 12.4 Å². The monoisotopic (exact) mass is 491 g/mol. The van der Waals surface area contributed by atoms with Gasteiger partial charge in [0, 0.05) is 51.3 Å². The molecule has 1 N–H and O–H groups in total. The highest BCUT2D eigenvalue weighted by atomic mass is 19.1. The van der Waals surface area contributed by atoms with Gasteiger partial charge in [-0.05, 0) is 35.7 Å². The van der Waals surface area contributed by atoms with Gasteiger partial charge in [-0.3, -0.25) is 24.6 Å². The smallest absolute Gasteiger partial charge is 0.255 e. The Hall–Kier alpha value is -3.97. The van der Waals surface area contributed by atoms with E-state index in [1.165, 1.54) is 11.0 Å². The summed E-state index contributed by atoms with van der Waals surface area (Å²) in [6.45, 7) is 10.8.